The maximum Gasteiger partial charge on any atom is 0.422 e. The monoisotopic (exact) mass is 433 g/mol. The van der Waals surface area contributed by atoms with Gasteiger partial charge in [0, 0.05) is 45.0 Å². The molecule has 170 valence electrons. The van der Waals surface area contributed by atoms with Crippen molar-refractivity contribution in [2.45, 2.75) is 32.2 Å². The summed E-state index contributed by atoms with van der Waals surface area (Å²) in [6.07, 6.45) is -2.98. The molecular weight excluding hydrogens is 403 g/mol. The van der Waals surface area contributed by atoms with Crippen LogP contribution in [-0.4, -0.2) is 85.3 Å². The molecule has 1 aromatic rings. The van der Waals surface area contributed by atoms with Gasteiger partial charge >= 0.3 is 6.18 Å². The van der Waals surface area contributed by atoms with E-state index in [1.807, 2.05) is 6.92 Å². The van der Waals surface area contributed by atoms with Crippen LogP contribution in [0.1, 0.15) is 19.4 Å². The molecule has 8 nitrogen and oxygen atoms in total. The number of aliphatic hydroxyl groups is 1. The number of aromatic nitrogens is 1. The number of hydrogen-bond donors (Lipinski definition) is 3. The molecule has 0 saturated carbocycles. The van der Waals surface area contributed by atoms with Crippen LogP contribution in [0.15, 0.2) is 23.3 Å². The van der Waals surface area contributed by atoms with Crippen molar-refractivity contribution in [2.24, 2.45) is 4.99 Å². The normalized spacial score (nSPS) is 18.0. The highest BCUT2D eigenvalue weighted by atomic mass is 19.4. The average Bonchev–Trinajstić information content (AvgIpc) is 2.69. The summed E-state index contributed by atoms with van der Waals surface area (Å²) in [4.78, 5) is 10.5. The van der Waals surface area contributed by atoms with Crippen molar-refractivity contribution in [1.29, 1.82) is 0 Å². The quantitative estimate of drug-likeness (QED) is 0.398. The fourth-order valence-electron chi connectivity index (χ4n) is 2.83. The fourth-order valence-corrected chi connectivity index (χ4v) is 2.83. The first-order chi connectivity index (χ1) is 14.2. The van der Waals surface area contributed by atoms with Crippen molar-refractivity contribution in [3.05, 3.63) is 23.9 Å². The number of β-amino-alcohol motifs (C(OH)–C–C–N with tert-alkyl or cyclic N) is 1. The van der Waals surface area contributed by atoms with Crippen molar-refractivity contribution in [1.82, 2.24) is 20.5 Å². The summed E-state index contributed by atoms with van der Waals surface area (Å²) in [6, 6.07) is 2.99. The minimum atomic E-state index is -4.40. The molecule has 2 rings (SSSR count). The molecule has 1 unspecified atom stereocenters. The van der Waals surface area contributed by atoms with Crippen molar-refractivity contribution in [3.63, 3.8) is 0 Å². The number of morpholine rings is 1. The molecule has 1 aliphatic heterocycles. The van der Waals surface area contributed by atoms with Crippen LogP contribution in [0.25, 0.3) is 0 Å². The van der Waals surface area contributed by atoms with E-state index in [9.17, 15) is 18.3 Å². The Morgan fingerprint density at radius 1 is 1.30 bits per heavy atom. The van der Waals surface area contributed by atoms with Gasteiger partial charge in [-0.05, 0) is 19.4 Å². The summed E-state index contributed by atoms with van der Waals surface area (Å²) in [5.74, 6) is 0.432. The Morgan fingerprint density at radius 2 is 2.03 bits per heavy atom. The number of alkyl halides is 3. The van der Waals surface area contributed by atoms with E-state index in [-0.39, 0.29) is 12.4 Å². The van der Waals surface area contributed by atoms with Crippen molar-refractivity contribution in [3.8, 4) is 5.88 Å². The molecule has 0 aromatic carbocycles. The third kappa shape index (κ3) is 9.59. The molecule has 1 saturated heterocycles. The largest absolute Gasteiger partial charge is 0.468 e. The predicted octanol–water partition coefficient (Wildman–Crippen LogP) is 1.16. The fraction of sp³-hybridized carbons (Fsp3) is 0.684. The molecule has 0 amide bonds. The number of hydrogen-bond acceptors (Lipinski definition) is 6. The van der Waals surface area contributed by atoms with Gasteiger partial charge in [-0.3, -0.25) is 4.90 Å². The van der Waals surface area contributed by atoms with Gasteiger partial charge in [0.2, 0.25) is 5.88 Å². The summed E-state index contributed by atoms with van der Waals surface area (Å²) in [5, 5.41) is 16.9. The zero-order valence-corrected chi connectivity index (χ0v) is 17.3. The first-order valence-corrected chi connectivity index (χ1v) is 9.86. The third-order valence-corrected chi connectivity index (χ3v) is 4.25. The van der Waals surface area contributed by atoms with E-state index in [1.54, 1.807) is 13.0 Å². The van der Waals surface area contributed by atoms with Gasteiger partial charge in [-0.1, -0.05) is 6.07 Å². The van der Waals surface area contributed by atoms with Gasteiger partial charge in [0.25, 0.3) is 0 Å². The minimum Gasteiger partial charge on any atom is -0.468 e. The van der Waals surface area contributed by atoms with E-state index in [4.69, 9.17) is 4.74 Å². The van der Waals surface area contributed by atoms with E-state index >= 15 is 0 Å². The number of aliphatic imine (C=N–C) groups is 1. The Labute approximate surface area is 174 Å². The average molecular weight is 433 g/mol. The standard InChI is InChI=1S/C19H30F3N5O3/c1-3-23-17(26-12-18(2,28)13-27-6-8-29-9-7-27)25-11-15-4-5-16(24-10-15)30-14-19(20,21)22/h4-5,10,28H,3,6-9,11-14H2,1-2H3,(H2,23,25,26). The molecule has 11 heteroatoms. The summed E-state index contributed by atoms with van der Waals surface area (Å²) in [7, 11) is 0. The zero-order chi connectivity index (χ0) is 22.0. The van der Waals surface area contributed by atoms with Crippen LogP contribution in [-0.2, 0) is 11.3 Å². The molecule has 3 N–H and O–H groups in total. The number of guanidine groups is 1. The Bertz CT molecular complexity index is 662. The Kier molecular flexibility index (Phi) is 9.12. The Balaban J connectivity index is 1.85. The molecule has 2 heterocycles. The van der Waals surface area contributed by atoms with Crippen molar-refractivity contribution < 1.29 is 27.8 Å². The second-order valence-electron chi connectivity index (χ2n) is 7.34. The molecule has 0 aliphatic carbocycles. The van der Waals surface area contributed by atoms with Crippen LogP contribution in [0.2, 0.25) is 0 Å². The van der Waals surface area contributed by atoms with Gasteiger partial charge in [0.1, 0.15) is 0 Å². The first kappa shape index (κ1) is 24.2. The predicted molar refractivity (Wildman–Crippen MR) is 106 cm³/mol. The number of rotatable bonds is 9. The summed E-state index contributed by atoms with van der Waals surface area (Å²) < 4.78 is 46.5. The lowest BCUT2D eigenvalue weighted by Gasteiger charge is -2.34. The van der Waals surface area contributed by atoms with Gasteiger partial charge in [-0.2, -0.15) is 13.2 Å². The van der Waals surface area contributed by atoms with Gasteiger partial charge in [0.15, 0.2) is 12.6 Å². The lowest BCUT2D eigenvalue weighted by molar-refractivity contribution is -0.154. The number of pyridine rings is 1. The molecule has 1 fully saturated rings. The smallest absolute Gasteiger partial charge is 0.422 e. The maximum atomic E-state index is 12.2. The first-order valence-electron chi connectivity index (χ1n) is 9.86. The van der Waals surface area contributed by atoms with Crippen LogP contribution in [0.4, 0.5) is 13.2 Å². The number of ether oxygens (including phenoxy) is 2. The lowest BCUT2D eigenvalue weighted by Crippen LogP contribution is -2.52. The van der Waals surface area contributed by atoms with E-state index in [0.717, 1.165) is 13.1 Å². The van der Waals surface area contributed by atoms with Crippen LogP contribution in [0.3, 0.4) is 0 Å². The topological polar surface area (TPSA) is 91.2 Å². The van der Waals surface area contributed by atoms with E-state index in [2.05, 4.69) is 30.2 Å². The van der Waals surface area contributed by atoms with E-state index in [1.165, 1.54) is 12.3 Å². The zero-order valence-electron chi connectivity index (χ0n) is 17.3. The Morgan fingerprint density at radius 3 is 2.63 bits per heavy atom. The van der Waals surface area contributed by atoms with Crippen LogP contribution >= 0.6 is 0 Å². The second kappa shape index (κ2) is 11.3. The van der Waals surface area contributed by atoms with Gasteiger partial charge < -0.3 is 25.2 Å². The highest BCUT2D eigenvalue weighted by Crippen LogP contribution is 2.17. The molecule has 1 aliphatic rings. The van der Waals surface area contributed by atoms with Crippen LogP contribution in [0.5, 0.6) is 5.88 Å². The maximum absolute atomic E-state index is 12.2. The molecule has 0 bridgehead atoms. The molecule has 0 spiro atoms. The summed E-state index contributed by atoms with van der Waals surface area (Å²) in [6.45, 7) is 6.97. The molecule has 30 heavy (non-hydrogen) atoms. The Hall–Kier alpha value is -2.11. The van der Waals surface area contributed by atoms with Gasteiger partial charge in [-0.25, -0.2) is 9.98 Å². The van der Waals surface area contributed by atoms with E-state index in [0.29, 0.717) is 44.4 Å². The summed E-state index contributed by atoms with van der Waals surface area (Å²) in [5.41, 5.74) is -0.237. The second-order valence-corrected chi connectivity index (χ2v) is 7.34. The number of halogens is 3. The molecular formula is C19H30F3N5O3. The highest BCUT2D eigenvalue weighted by molar-refractivity contribution is 5.79. The van der Waals surface area contributed by atoms with Gasteiger partial charge in [0.05, 0.1) is 25.4 Å². The third-order valence-electron chi connectivity index (χ3n) is 4.25. The minimum absolute atomic E-state index is 0.0933. The molecule has 1 aromatic heterocycles. The van der Waals surface area contributed by atoms with Crippen LogP contribution in [0, 0.1) is 0 Å². The van der Waals surface area contributed by atoms with Crippen molar-refractivity contribution >= 4 is 5.96 Å². The summed E-state index contributed by atoms with van der Waals surface area (Å²) >= 11 is 0. The molecule has 0 radical (unpaired) electrons. The molecule has 1 atom stereocenters. The lowest BCUT2D eigenvalue weighted by atomic mass is 10.1. The van der Waals surface area contributed by atoms with E-state index < -0.39 is 18.4 Å². The van der Waals surface area contributed by atoms with Gasteiger partial charge in [-0.15, -0.1) is 0 Å². The SMILES string of the molecule is CCNC(=NCc1ccc(OCC(F)(F)F)nc1)NCC(C)(O)CN1CCOCC1. The highest BCUT2D eigenvalue weighted by Gasteiger charge is 2.28. The van der Waals surface area contributed by atoms with Crippen molar-refractivity contribution in [2.75, 3.05) is 52.5 Å². The number of nitrogens with one attached hydrogen (secondary N) is 2. The number of nitrogens with zero attached hydrogens (tertiary/aromatic N) is 3. The van der Waals surface area contributed by atoms with Crippen LogP contribution < -0.4 is 15.4 Å².